The lowest BCUT2D eigenvalue weighted by atomic mass is 9.80. The number of imide groups is 2. The lowest BCUT2D eigenvalue weighted by Gasteiger charge is -2.37. The van der Waals surface area contributed by atoms with Crippen molar-refractivity contribution in [2.24, 2.45) is 11.8 Å². The lowest BCUT2D eigenvalue weighted by molar-refractivity contribution is -0.314. The van der Waals surface area contributed by atoms with Gasteiger partial charge in [0.1, 0.15) is 58.1 Å². The predicted molar refractivity (Wildman–Crippen MR) is 366 cm³/mol. The van der Waals surface area contributed by atoms with Crippen molar-refractivity contribution < 1.29 is 110 Å². The van der Waals surface area contributed by atoms with Gasteiger partial charge in [0.2, 0.25) is 0 Å². The van der Waals surface area contributed by atoms with Crippen molar-refractivity contribution >= 4 is 78.7 Å². The Labute approximate surface area is 594 Å². The van der Waals surface area contributed by atoms with Crippen LogP contribution in [-0.4, -0.2) is 94.4 Å². The molecule has 0 saturated heterocycles. The van der Waals surface area contributed by atoms with Gasteiger partial charge < -0.3 is 28.4 Å². The zero-order valence-electron chi connectivity index (χ0n) is 59.4. The molecule has 0 bridgehead atoms. The first kappa shape index (κ1) is 76.0. The van der Waals surface area contributed by atoms with Crippen molar-refractivity contribution in [3.05, 3.63) is 166 Å². The second-order valence-electron chi connectivity index (χ2n) is 30.3. The molecular formula is C79H72F12N2O12. The standard InChI is InChI=1S/C79H72F12N2O12/c1-36(2)39-16-24-43(25-17-39)100-51-32-47-55-48(66(95)92(65(47)94)63(37(3)4)69(98)104-71(76(80,81)82)77(83,84)85)34-53(102-45-28-20-41(21-29-45)74(10,11)12)59-60-54(103-46-30-22-42(23-31-46)75(13,14)15)35-50-56-49(67(96)93(68(50)97)64(38(5)6)70(99)105-72(78(86,87)88)79(89,90)91)33-52(58(62(56)60)57(51)61(55)59)101-44-26-18-40(19-27-44)73(7,8)9/h16-38,63-64,71-72H,1-15H3. The quantitative estimate of drug-likeness (QED) is 0.0279. The first-order chi connectivity index (χ1) is 48.5. The molecule has 2 heterocycles. The number of halogens is 12. The third-order valence-corrected chi connectivity index (χ3v) is 18.5. The molecule has 2 aliphatic heterocycles. The number of amides is 4. The molecule has 0 N–H and O–H groups in total. The van der Waals surface area contributed by atoms with Crippen LogP contribution in [0.1, 0.15) is 173 Å². The highest BCUT2D eigenvalue weighted by molar-refractivity contribution is 6.45. The maximum atomic E-state index is 16.0. The van der Waals surface area contributed by atoms with E-state index < -0.39 is 135 Å². The highest BCUT2D eigenvalue weighted by Gasteiger charge is 2.62. The fourth-order valence-corrected chi connectivity index (χ4v) is 13.2. The second kappa shape index (κ2) is 26.5. The summed E-state index contributed by atoms with van der Waals surface area (Å²) in [4.78, 5) is 92.9. The monoisotopic (exact) mass is 1470 g/mol. The van der Waals surface area contributed by atoms with Crippen LogP contribution in [0.3, 0.4) is 0 Å². The number of hydrogen-bond donors (Lipinski definition) is 0. The van der Waals surface area contributed by atoms with Crippen LogP contribution in [-0.2, 0) is 35.3 Å². The first-order valence-corrected chi connectivity index (χ1v) is 33.4. The molecule has 554 valence electrons. The summed E-state index contributed by atoms with van der Waals surface area (Å²) >= 11 is 0. The Balaban J connectivity index is 1.35. The van der Waals surface area contributed by atoms with Gasteiger partial charge in [-0.15, -0.1) is 0 Å². The van der Waals surface area contributed by atoms with Crippen LogP contribution in [0.15, 0.2) is 121 Å². The van der Waals surface area contributed by atoms with E-state index in [9.17, 15) is 62.3 Å². The summed E-state index contributed by atoms with van der Waals surface area (Å²) in [6.07, 6.45) is -34.4. The van der Waals surface area contributed by atoms with Crippen molar-refractivity contribution in [2.45, 2.75) is 175 Å². The van der Waals surface area contributed by atoms with Crippen LogP contribution in [0.2, 0.25) is 0 Å². The van der Waals surface area contributed by atoms with Gasteiger partial charge in [-0.05, 0) is 129 Å². The zero-order valence-corrected chi connectivity index (χ0v) is 59.4. The minimum absolute atomic E-state index is 0.0256. The second-order valence-corrected chi connectivity index (χ2v) is 30.3. The summed E-state index contributed by atoms with van der Waals surface area (Å²) in [5, 5.41) is -1.54. The van der Waals surface area contributed by atoms with Crippen LogP contribution in [0.25, 0.3) is 43.1 Å². The summed E-state index contributed by atoms with van der Waals surface area (Å²) in [5.74, 6) is -14.8. The Bertz CT molecular complexity index is 4910. The number of nitrogens with zero attached hydrogens (tertiary/aromatic N) is 2. The summed E-state index contributed by atoms with van der Waals surface area (Å²) in [6, 6.07) is 25.5. The molecule has 0 saturated carbocycles. The van der Waals surface area contributed by atoms with E-state index in [-0.39, 0.29) is 105 Å². The van der Waals surface area contributed by atoms with Gasteiger partial charge in [0.25, 0.3) is 35.8 Å². The summed E-state index contributed by atoms with van der Waals surface area (Å²) in [6.45, 7) is 25.8. The van der Waals surface area contributed by atoms with E-state index in [1.807, 2.05) is 76.2 Å². The van der Waals surface area contributed by atoms with Crippen molar-refractivity contribution in [1.29, 1.82) is 0 Å². The Morgan fingerprint density at radius 1 is 0.324 bits per heavy atom. The summed E-state index contributed by atoms with van der Waals surface area (Å²) < 4.78 is 208. The molecule has 105 heavy (non-hydrogen) atoms. The number of carbonyl (C=O) groups excluding carboxylic acids is 6. The lowest BCUT2D eigenvalue weighted by Crippen LogP contribution is -2.56. The number of benzene rings is 9. The van der Waals surface area contributed by atoms with Crippen molar-refractivity contribution in [2.75, 3.05) is 0 Å². The maximum absolute atomic E-state index is 16.0. The zero-order chi connectivity index (χ0) is 77.4. The molecule has 11 rings (SSSR count). The van der Waals surface area contributed by atoms with Crippen LogP contribution < -0.4 is 18.9 Å². The van der Waals surface area contributed by atoms with E-state index in [1.165, 1.54) is 0 Å². The largest absolute Gasteiger partial charge is 0.457 e. The van der Waals surface area contributed by atoms with Gasteiger partial charge in [0.15, 0.2) is 0 Å². The fraction of sp³-hybridized carbons (Fsp3) is 0.367. The number of fused-ring (bicyclic) bond motifs is 2. The van der Waals surface area contributed by atoms with Gasteiger partial charge in [0, 0.05) is 43.1 Å². The van der Waals surface area contributed by atoms with Gasteiger partial charge in [0.05, 0.1) is 22.3 Å². The molecule has 2 unspecified atom stereocenters. The third kappa shape index (κ3) is 14.2. The van der Waals surface area contributed by atoms with Crippen LogP contribution >= 0.6 is 0 Å². The third-order valence-electron chi connectivity index (χ3n) is 18.5. The molecule has 0 radical (unpaired) electrons. The average Bonchev–Trinajstić information content (AvgIpc) is 0.670. The van der Waals surface area contributed by atoms with Gasteiger partial charge in [-0.2, -0.15) is 52.7 Å². The van der Waals surface area contributed by atoms with E-state index in [1.54, 1.807) is 97.1 Å². The maximum Gasteiger partial charge on any atom is 0.434 e. The van der Waals surface area contributed by atoms with E-state index in [0.29, 0.717) is 0 Å². The predicted octanol–water partition coefficient (Wildman–Crippen LogP) is 21.2. The van der Waals surface area contributed by atoms with Gasteiger partial charge in [-0.3, -0.25) is 29.0 Å². The molecule has 2 atom stereocenters. The molecule has 9 aromatic carbocycles. The van der Waals surface area contributed by atoms with E-state index in [2.05, 4.69) is 9.47 Å². The number of rotatable bonds is 17. The molecule has 0 spiro atoms. The summed E-state index contributed by atoms with van der Waals surface area (Å²) in [5.41, 5.74) is -0.464. The van der Waals surface area contributed by atoms with Crippen molar-refractivity contribution in [3.8, 4) is 46.0 Å². The smallest absolute Gasteiger partial charge is 0.434 e. The Morgan fingerprint density at radius 2 is 0.543 bits per heavy atom. The number of hydrogen-bond acceptors (Lipinski definition) is 12. The van der Waals surface area contributed by atoms with Gasteiger partial charge in [-0.25, -0.2) is 9.59 Å². The molecule has 0 aromatic heterocycles. The molecule has 4 amide bonds. The molecule has 9 aromatic rings. The number of alkyl halides is 12. The molecule has 0 fully saturated rings. The molecule has 0 aliphatic carbocycles. The number of carbonyl (C=O) groups is 6. The number of esters is 2. The molecular weight excluding hydrogens is 1400 g/mol. The molecule has 26 heteroatoms. The van der Waals surface area contributed by atoms with Gasteiger partial charge >= 0.3 is 36.6 Å². The first-order valence-electron chi connectivity index (χ1n) is 33.4. The Morgan fingerprint density at radius 3 is 0.733 bits per heavy atom. The minimum Gasteiger partial charge on any atom is -0.457 e. The van der Waals surface area contributed by atoms with Crippen molar-refractivity contribution in [1.82, 2.24) is 9.80 Å². The highest BCUT2D eigenvalue weighted by Crippen LogP contribution is 2.59. The normalized spacial score (nSPS) is 14.9. The highest BCUT2D eigenvalue weighted by atomic mass is 19.4. The van der Waals surface area contributed by atoms with E-state index in [0.717, 1.165) is 74.2 Å². The minimum atomic E-state index is -6.25. The van der Waals surface area contributed by atoms with Gasteiger partial charge in [-0.1, -0.05) is 152 Å². The number of ether oxygens (including phenoxy) is 6. The summed E-state index contributed by atoms with van der Waals surface area (Å²) in [7, 11) is 0. The Kier molecular flexibility index (Phi) is 19.2. The van der Waals surface area contributed by atoms with Crippen LogP contribution in [0.4, 0.5) is 52.7 Å². The Hall–Kier alpha value is -10.1. The fourth-order valence-electron chi connectivity index (χ4n) is 13.2. The average molecular weight is 1470 g/mol. The van der Waals surface area contributed by atoms with E-state index >= 15 is 19.2 Å². The molecule has 14 nitrogen and oxygen atoms in total. The van der Waals surface area contributed by atoms with Crippen LogP contribution in [0.5, 0.6) is 46.0 Å². The molecule has 2 aliphatic rings. The SMILES string of the molecule is CC(C)c1ccc(Oc2cc3c4c(cc(Oc5ccc(C(C)(C)C)cc5)c5c6c(Oc7ccc(C(C)(C)C)cc7)cc7c8c(cc(Oc9ccc(C(C)(C)C)cc9)c(c2c45)c86)C(=O)N(C(C(=O)OC(C(F)(F)F)C(F)(F)F)C(C)C)C7=O)C(=O)N(C(C(=O)OC(C(F)(F)F)C(F)(F)F)C(C)C)C3=O)cc1. The van der Waals surface area contributed by atoms with Crippen LogP contribution in [0, 0.1) is 11.8 Å². The van der Waals surface area contributed by atoms with Crippen molar-refractivity contribution in [3.63, 3.8) is 0 Å². The topological polar surface area (TPSA) is 164 Å². The van der Waals surface area contributed by atoms with E-state index in [4.69, 9.17) is 18.9 Å².